The van der Waals surface area contributed by atoms with Gasteiger partial charge in [-0.25, -0.2) is 4.79 Å². The summed E-state index contributed by atoms with van der Waals surface area (Å²) in [6.07, 6.45) is 1.77. The molecule has 6 nitrogen and oxygen atoms in total. The molecule has 1 fully saturated rings. The Hall–Kier alpha value is -2.50. The van der Waals surface area contributed by atoms with Crippen molar-refractivity contribution < 1.29 is 14.0 Å². The second kappa shape index (κ2) is 7.38. The summed E-state index contributed by atoms with van der Waals surface area (Å²) in [6.45, 7) is 4.55. The Balaban J connectivity index is 1.52. The fraction of sp³-hybridized carbons (Fsp3) is 0.444. The Morgan fingerprint density at radius 1 is 1.21 bits per heavy atom. The lowest BCUT2D eigenvalue weighted by Gasteiger charge is -2.31. The van der Waals surface area contributed by atoms with Gasteiger partial charge in [-0.1, -0.05) is 18.2 Å². The van der Waals surface area contributed by atoms with Gasteiger partial charge in [-0.15, -0.1) is 0 Å². The van der Waals surface area contributed by atoms with Crippen LogP contribution in [0.2, 0.25) is 0 Å². The highest BCUT2D eigenvalue weighted by Crippen LogP contribution is 2.23. The van der Waals surface area contributed by atoms with Crippen molar-refractivity contribution in [2.24, 2.45) is 5.92 Å². The predicted molar refractivity (Wildman–Crippen MR) is 91.9 cm³/mol. The number of likely N-dealkylation sites (tertiary alicyclic amines) is 1. The number of fused-ring (bicyclic) bond motifs is 1. The van der Waals surface area contributed by atoms with E-state index in [2.05, 4.69) is 10.6 Å². The maximum atomic E-state index is 12.6. The molecule has 1 aliphatic heterocycles. The van der Waals surface area contributed by atoms with Gasteiger partial charge >= 0.3 is 6.03 Å². The van der Waals surface area contributed by atoms with Gasteiger partial charge in [0.15, 0.2) is 5.76 Å². The monoisotopic (exact) mass is 329 g/mol. The van der Waals surface area contributed by atoms with E-state index in [1.165, 1.54) is 0 Å². The smallest absolute Gasteiger partial charge is 0.314 e. The molecule has 2 N–H and O–H groups in total. The van der Waals surface area contributed by atoms with Crippen LogP contribution in [-0.4, -0.2) is 43.0 Å². The third kappa shape index (κ3) is 3.69. The van der Waals surface area contributed by atoms with Crippen molar-refractivity contribution in [2.45, 2.75) is 19.8 Å². The van der Waals surface area contributed by atoms with Crippen molar-refractivity contribution in [1.82, 2.24) is 15.5 Å². The predicted octanol–water partition coefficient (Wildman–Crippen LogP) is 2.60. The molecule has 1 saturated heterocycles. The summed E-state index contributed by atoms with van der Waals surface area (Å²) in [7, 11) is 0. The van der Waals surface area contributed by atoms with E-state index >= 15 is 0 Å². The highest BCUT2D eigenvalue weighted by Gasteiger charge is 2.25. The van der Waals surface area contributed by atoms with Gasteiger partial charge in [-0.2, -0.15) is 0 Å². The number of rotatable bonds is 4. The zero-order valence-electron chi connectivity index (χ0n) is 13.9. The lowest BCUT2D eigenvalue weighted by atomic mass is 9.96. The molecule has 0 aliphatic carbocycles. The number of urea groups is 1. The van der Waals surface area contributed by atoms with Crippen LogP contribution in [0.3, 0.4) is 0 Å². The topological polar surface area (TPSA) is 74.6 Å². The molecule has 24 heavy (non-hydrogen) atoms. The lowest BCUT2D eigenvalue weighted by Crippen LogP contribution is -2.43. The summed E-state index contributed by atoms with van der Waals surface area (Å²) in [5, 5.41) is 6.54. The van der Waals surface area contributed by atoms with Crippen LogP contribution in [0, 0.1) is 5.92 Å². The third-order valence-corrected chi connectivity index (χ3v) is 4.43. The largest absolute Gasteiger partial charge is 0.451 e. The minimum absolute atomic E-state index is 0.0543. The van der Waals surface area contributed by atoms with E-state index in [4.69, 9.17) is 4.42 Å². The van der Waals surface area contributed by atoms with E-state index in [1.807, 2.05) is 36.1 Å². The van der Waals surface area contributed by atoms with Gasteiger partial charge in [0.25, 0.3) is 5.91 Å². The van der Waals surface area contributed by atoms with Crippen molar-refractivity contribution in [3.05, 3.63) is 36.1 Å². The normalized spacial score (nSPS) is 15.5. The van der Waals surface area contributed by atoms with Gasteiger partial charge < -0.3 is 20.0 Å². The summed E-state index contributed by atoms with van der Waals surface area (Å²) in [4.78, 5) is 25.8. The number of hydrogen-bond acceptors (Lipinski definition) is 3. The summed E-state index contributed by atoms with van der Waals surface area (Å²) < 4.78 is 5.66. The Bertz CT molecular complexity index is 684. The molecule has 0 atom stereocenters. The van der Waals surface area contributed by atoms with Crippen LogP contribution in [0.4, 0.5) is 4.79 Å². The first-order chi connectivity index (χ1) is 11.7. The van der Waals surface area contributed by atoms with Gasteiger partial charge in [0.2, 0.25) is 0 Å². The molecule has 2 heterocycles. The molecular formula is C18H23N3O3. The molecular weight excluding hydrogens is 306 g/mol. The third-order valence-electron chi connectivity index (χ3n) is 4.43. The number of hydrogen-bond donors (Lipinski definition) is 2. The Morgan fingerprint density at radius 3 is 2.67 bits per heavy atom. The molecule has 3 rings (SSSR count). The lowest BCUT2D eigenvalue weighted by molar-refractivity contribution is 0.0661. The number of carbonyl (C=O) groups is 2. The Labute approximate surface area is 141 Å². The molecule has 6 heteroatoms. The molecule has 0 saturated carbocycles. The van der Waals surface area contributed by atoms with Crippen molar-refractivity contribution in [2.75, 3.05) is 26.2 Å². The van der Waals surface area contributed by atoms with Gasteiger partial charge in [-0.05, 0) is 37.8 Å². The minimum Gasteiger partial charge on any atom is -0.451 e. The van der Waals surface area contributed by atoms with Crippen LogP contribution in [-0.2, 0) is 0 Å². The Morgan fingerprint density at radius 2 is 1.96 bits per heavy atom. The van der Waals surface area contributed by atoms with E-state index in [0.717, 1.165) is 23.8 Å². The maximum absolute atomic E-state index is 12.6. The number of para-hydroxylation sites is 1. The van der Waals surface area contributed by atoms with Gasteiger partial charge in [0.05, 0.1) is 0 Å². The van der Waals surface area contributed by atoms with E-state index in [0.29, 0.717) is 37.9 Å². The fourth-order valence-electron chi connectivity index (χ4n) is 3.04. The number of benzene rings is 1. The SMILES string of the molecule is CCNC(=O)NCC1CCN(C(=O)c2cc3ccccc3o2)CC1. The Kier molecular flexibility index (Phi) is 5.03. The van der Waals surface area contributed by atoms with Gasteiger partial charge in [0, 0.05) is 31.6 Å². The molecule has 1 aromatic heterocycles. The van der Waals surface area contributed by atoms with Crippen LogP contribution in [0.15, 0.2) is 34.7 Å². The van der Waals surface area contributed by atoms with Crippen molar-refractivity contribution >= 4 is 22.9 Å². The van der Waals surface area contributed by atoms with Gasteiger partial charge in [0.1, 0.15) is 5.58 Å². The number of furan rings is 1. The van der Waals surface area contributed by atoms with E-state index < -0.39 is 0 Å². The van der Waals surface area contributed by atoms with Gasteiger partial charge in [-0.3, -0.25) is 4.79 Å². The molecule has 0 unspecified atom stereocenters. The molecule has 3 amide bonds. The molecule has 1 aliphatic rings. The highest BCUT2D eigenvalue weighted by atomic mass is 16.3. The van der Waals surface area contributed by atoms with Crippen LogP contribution < -0.4 is 10.6 Å². The molecule has 128 valence electrons. The summed E-state index contributed by atoms with van der Waals surface area (Å²) in [6, 6.07) is 9.31. The number of nitrogens with zero attached hydrogens (tertiary/aromatic N) is 1. The first kappa shape index (κ1) is 16.4. The summed E-state index contributed by atoms with van der Waals surface area (Å²) in [5.74, 6) is 0.753. The van der Waals surface area contributed by atoms with Crippen LogP contribution in [0.25, 0.3) is 11.0 Å². The van der Waals surface area contributed by atoms with Crippen LogP contribution >= 0.6 is 0 Å². The minimum atomic E-state index is -0.127. The average Bonchev–Trinajstić information content (AvgIpc) is 3.04. The van der Waals surface area contributed by atoms with Crippen molar-refractivity contribution in [3.63, 3.8) is 0 Å². The molecule has 1 aromatic carbocycles. The average molecular weight is 329 g/mol. The second-order valence-corrected chi connectivity index (χ2v) is 6.12. The highest BCUT2D eigenvalue weighted by molar-refractivity contribution is 5.96. The number of piperidine rings is 1. The second-order valence-electron chi connectivity index (χ2n) is 6.12. The van der Waals surface area contributed by atoms with Crippen molar-refractivity contribution in [1.29, 1.82) is 0 Å². The first-order valence-electron chi connectivity index (χ1n) is 8.47. The quantitative estimate of drug-likeness (QED) is 0.905. The van der Waals surface area contributed by atoms with Crippen LogP contribution in [0.1, 0.15) is 30.3 Å². The fourth-order valence-corrected chi connectivity index (χ4v) is 3.04. The summed E-state index contributed by atoms with van der Waals surface area (Å²) >= 11 is 0. The first-order valence-corrected chi connectivity index (χ1v) is 8.47. The van der Waals surface area contributed by atoms with E-state index in [9.17, 15) is 9.59 Å². The number of carbonyl (C=O) groups excluding carboxylic acids is 2. The van der Waals surface area contributed by atoms with E-state index in [-0.39, 0.29) is 11.9 Å². The molecule has 2 aromatic rings. The number of amides is 3. The summed E-state index contributed by atoms with van der Waals surface area (Å²) in [5.41, 5.74) is 0.738. The van der Waals surface area contributed by atoms with Crippen molar-refractivity contribution in [3.8, 4) is 0 Å². The molecule has 0 bridgehead atoms. The van der Waals surface area contributed by atoms with E-state index in [1.54, 1.807) is 6.07 Å². The zero-order chi connectivity index (χ0) is 16.9. The molecule has 0 radical (unpaired) electrons. The standard InChI is InChI=1S/C18H23N3O3/c1-2-19-18(23)20-12-13-7-9-21(10-8-13)17(22)16-11-14-5-3-4-6-15(14)24-16/h3-6,11,13H,2,7-10,12H2,1H3,(H2,19,20,23). The number of nitrogens with one attached hydrogen (secondary N) is 2. The van der Waals surface area contributed by atoms with Crippen LogP contribution in [0.5, 0.6) is 0 Å². The molecule has 0 spiro atoms. The maximum Gasteiger partial charge on any atom is 0.314 e. The zero-order valence-corrected chi connectivity index (χ0v) is 13.9.